The summed E-state index contributed by atoms with van der Waals surface area (Å²) in [5.41, 5.74) is 1.30. The average molecular weight is 443 g/mol. The molecule has 31 heavy (non-hydrogen) atoms. The molecule has 162 valence electrons. The van der Waals surface area contributed by atoms with Crippen LogP contribution in [0, 0.1) is 0 Å². The lowest BCUT2D eigenvalue weighted by Crippen LogP contribution is -2.44. The van der Waals surface area contributed by atoms with Gasteiger partial charge in [-0.3, -0.25) is 4.79 Å². The monoisotopic (exact) mass is 443 g/mol. The van der Waals surface area contributed by atoms with Gasteiger partial charge in [-0.2, -0.15) is 11.8 Å². The zero-order valence-electron chi connectivity index (χ0n) is 16.9. The van der Waals surface area contributed by atoms with Crippen molar-refractivity contribution in [3.63, 3.8) is 0 Å². The number of rotatable bonds is 9. The van der Waals surface area contributed by atoms with E-state index in [1.807, 2.05) is 12.1 Å². The fourth-order valence-electron chi connectivity index (χ4n) is 2.97. The topological polar surface area (TPSA) is 115 Å². The molecular weight excluding hydrogens is 422 g/mol. The second-order valence-corrected chi connectivity index (χ2v) is 7.48. The van der Waals surface area contributed by atoms with E-state index in [-0.39, 0.29) is 12.4 Å². The summed E-state index contributed by atoms with van der Waals surface area (Å²) in [5, 5.41) is 12.2. The number of thioether (sulfide) groups is 1. The number of carbonyl (C=O) groups excluding carboxylic acids is 1. The van der Waals surface area contributed by atoms with Gasteiger partial charge in [-0.25, -0.2) is 9.59 Å². The highest BCUT2D eigenvalue weighted by molar-refractivity contribution is 7.98. The van der Waals surface area contributed by atoms with Crippen molar-refractivity contribution in [3.05, 3.63) is 59.0 Å². The highest BCUT2D eigenvalue weighted by atomic mass is 32.2. The van der Waals surface area contributed by atoms with E-state index in [0.29, 0.717) is 28.0 Å². The van der Waals surface area contributed by atoms with E-state index in [1.54, 1.807) is 37.6 Å². The minimum atomic E-state index is -1.11. The Bertz CT molecular complexity index is 1140. The Morgan fingerprint density at radius 2 is 1.84 bits per heavy atom. The van der Waals surface area contributed by atoms with Gasteiger partial charge >= 0.3 is 11.6 Å². The second kappa shape index (κ2) is 10.0. The molecule has 0 aliphatic rings. The number of benzene rings is 2. The summed E-state index contributed by atoms with van der Waals surface area (Å²) < 4.78 is 15.9. The second-order valence-electron chi connectivity index (χ2n) is 6.57. The molecule has 0 bridgehead atoms. The molecule has 3 aromatic rings. The van der Waals surface area contributed by atoms with Crippen molar-refractivity contribution in [1.29, 1.82) is 0 Å². The number of hydrogen-bond acceptors (Lipinski definition) is 7. The SMILES string of the molecule is COc1ccc(-c2cc(=O)oc3cc(OCC(=O)NC(CSC)C(=O)O)ccc23)cc1. The first-order valence-electron chi connectivity index (χ1n) is 9.27. The van der Waals surface area contributed by atoms with E-state index in [2.05, 4.69) is 5.32 Å². The molecule has 0 fully saturated rings. The summed E-state index contributed by atoms with van der Waals surface area (Å²) in [4.78, 5) is 35.2. The summed E-state index contributed by atoms with van der Waals surface area (Å²) in [6.45, 7) is -0.369. The molecule has 0 saturated carbocycles. The van der Waals surface area contributed by atoms with Crippen molar-refractivity contribution in [2.24, 2.45) is 0 Å². The third-order valence-corrected chi connectivity index (χ3v) is 5.12. The minimum Gasteiger partial charge on any atom is -0.497 e. The third kappa shape index (κ3) is 5.58. The quantitative estimate of drug-likeness (QED) is 0.485. The van der Waals surface area contributed by atoms with Crippen molar-refractivity contribution in [3.8, 4) is 22.6 Å². The van der Waals surface area contributed by atoms with Crippen LogP contribution in [0.25, 0.3) is 22.1 Å². The van der Waals surface area contributed by atoms with E-state index in [0.717, 1.165) is 5.56 Å². The lowest BCUT2D eigenvalue weighted by Gasteiger charge is -2.14. The molecule has 0 aliphatic heterocycles. The zero-order chi connectivity index (χ0) is 22.4. The van der Waals surface area contributed by atoms with Gasteiger partial charge in [0, 0.05) is 23.3 Å². The fourth-order valence-corrected chi connectivity index (χ4v) is 3.53. The van der Waals surface area contributed by atoms with Gasteiger partial charge < -0.3 is 24.3 Å². The van der Waals surface area contributed by atoms with Gasteiger partial charge in [-0.1, -0.05) is 12.1 Å². The molecule has 0 radical (unpaired) electrons. The maximum Gasteiger partial charge on any atom is 0.336 e. The average Bonchev–Trinajstić information content (AvgIpc) is 2.76. The molecule has 3 rings (SSSR count). The van der Waals surface area contributed by atoms with Crippen LogP contribution in [-0.2, 0) is 9.59 Å². The maximum atomic E-state index is 12.1. The summed E-state index contributed by atoms with van der Waals surface area (Å²) >= 11 is 1.31. The fraction of sp³-hybridized carbons (Fsp3) is 0.227. The number of fused-ring (bicyclic) bond motifs is 1. The Morgan fingerprint density at radius 3 is 2.48 bits per heavy atom. The number of amides is 1. The van der Waals surface area contributed by atoms with Crippen LogP contribution in [0.5, 0.6) is 11.5 Å². The van der Waals surface area contributed by atoms with Crippen LogP contribution in [0.2, 0.25) is 0 Å². The number of carbonyl (C=O) groups is 2. The first-order chi connectivity index (χ1) is 14.9. The molecule has 9 heteroatoms. The zero-order valence-corrected chi connectivity index (χ0v) is 17.7. The summed E-state index contributed by atoms with van der Waals surface area (Å²) in [5.74, 6) is -0.408. The number of methoxy groups -OCH3 is 1. The van der Waals surface area contributed by atoms with Gasteiger partial charge in [0.2, 0.25) is 0 Å². The molecule has 1 heterocycles. The van der Waals surface area contributed by atoms with E-state index in [9.17, 15) is 14.4 Å². The van der Waals surface area contributed by atoms with Crippen LogP contribution >= 0.6 is 11.8 Å². The third-order valence-electron chi connectivity index (χ3n) is 4.45. The molecule has 0 aliphatic carbocycles. The highest BCUT2D eigenvalue weighted by Crippen LogP contribution is 2.30. The van der Waals surface area contributed by atoms with E-state index in [1.165, 1.54) is 23.9 Å². The van der Waals surface area contributed by atoms with Gasteiger partial charge in [0.1, 0.15) is 23.1 Å². The van der Waals surface area contributed by atoms with Crippen molar-refractivity contribution in [2.45, 2.75) is 6.04 Å². The Labute approximate surface area is 182 Å². The summed E-state index contributed by atoms with van der Waals surface area (Å²) in [6.07, 6.45) is 1.75. The number of carboxylic acids is 1. The number of aliphatic carboxylic acids is 1. The first-order valence-corrected chi connectivity index (χ1v) is 10.7. The molecule has 8 nitrogen and oxygen atoms in total. The molecule has 0 saturated heterocycles. The molecule has 2 N–H and O–H groups in total. The van der Waals surface area contributed by atoms with E-state index >= 15 is 0 Å². The van der Waals surface area contributed by atoms with Crippen LogP contribution < -0.4 is 20.4 Å². The number of ether oxygens (including phenoxy) is 2. The molecule has 2 aromatic carbocycles. The number of nitrogens with one attached hydrogen (secondary N) is 1. The standard InChI is InChI=1S/C22H21NO7S/c1-28-14-5-3-13(4-6-14)17-10-21(25)30-19-9-15(7-8-16(17)19)29-11-20(24)23-18(12-31-2)22(26)27/h3-10,18H,11-12H2,1-2H3,(H,23,24)(H,26,27). The predicted octanol–water partition coefficient (Wildman–Crippen LogP) is 2.78. The Hall–Kier alpha value is -3.46. The Kier molecular flexibility index (Phi) is 7.19. The predicted molar refractivity (Wildman–Crippen MR) is 118 cm³/mol. The first kappa shape index (κ1) is 22.2. The smallest absolute Gasteiger partial charge is 0.336 e. The van der Waals surface area contributed by atoms with Gasteiger partial charge in [-0.15, -0.1) is 0 Å². The molecule has 1 unspecified atom stereocenters. The van der Waals surface area contributed by atoms with E-state index < -0.39 is 23.5 Å². The van der Waals surface area contributed by atoms with Gasteiger partial charge in [0.05, 0.1) is 7.11 Å². The molecule has 1 amide bonds. The van der Waals surface area contributed by atoms with Crippen LogP contribution in [0.4, 0.5) is 0 Å². The van der Waals surface area contributed by atoms with Crippen LogP contribution in [-0.4, -0.2) is 48.8 Å². The number of carboxylic acid groups (broad SMARTS) is 1. The van der Waals surface area contributed by atoms with Crippen LogP contribution in [0.3, 0.4) is 0 Å². The Balaban J connectivity index is 1.79. The van der Waals surface area contributed by atoms with E-state index in [4.69, 9.17) is 19.0 Å². The maximum absolute atomic E-state index is 12.1. The minimum absolute atomic E-state index is 0.246. The Morgan fingerprint density at radius 1 is 1.13 bits per heavy atom. The van der Waals surface area contributed by atoms with Gasteiger partial charge in [-0.05, 0) is 41.6 Å². The summed E-state index contributed by atoms with van der Waals surface area (Å²) in [6, 6.07) is 12.6. The van der Waals surface area contributed by atoms with Crippen LogP contribution in [0.1, 0.15) is 0 Å². The lowest BCUT2D eigenvalue weighted by molar-refractivity contribution is -0.141. The van der Waals surface area contributed by atoms with Crippen molar-refractivity contribution in [2.75, 3.05) is 25.7 Å². The molecule has 1 atom stereocenters. The summed E-state index contributed by atoms with van der Waals surface area (Å²) in [7, 11) is 1.58. The van der Waals surface area contributed by atoms with Crippen molar-refractivity contribution < 1.29 is 28.6 Å². The van der Waals surface area contributed by atoms with Crippen LogP contribution in [0.15, 0.2) is 57.7 Å². The molecular formula is C22H21NO7S. The van der Waals surface area contributed by atoms with Gasteiger partial charge in [0.15, 0.2) is 6.61 Å². The van der Waals surface area contributed by atoms with Crippen molar-refractivity contribution in [1.82, 2.24) is 5.32 Å². The van der Waals surface area contributed by atoms with Crippen molar-refractivity contribution >= 4 is 34.6 Å². The van der Waals surface area contributed by atoms with Gasteiger partial charge in [0.25, 0.3) is 5.91 Å². The number of hydrogen-bond donors (Lipinski definition) is 2. The largest absolute Gasteiger partial charge is 0.497 e. The normalized spacial score (nSPS) is 11.7. The highest BCUT2D eigenvalue weighted by Gasteiger charge is 2.19. The molecule has 1 aromatic heterocycles. The molecule has 0 spiro atoms. The lowest BCUT2D eigenvalue weighted by atomic mass is 10.0.